The van der Waals surface area contributed by atoms with Crippen molar-refractivity contribution in [2.24, 2.45) is 0 Å². The fourth-order valence-electron chi connectivity index (χ4n) is 2.82. The van der Waals surface area contributed by atoms with Gasteiger partial charge in [-0.25, -0.2) is 25.9 Å². The molecule has 28 heavy (non-hydrogen) atoms. The fourth-order valence-corrected chi connectivity index (χ4v) is 6.83. The summed E-state index contributed by atoms with van der Waals surface area (Å²) < 4.78 is 54.0. The molecule has 6 nitrogen and oxygen atoms in total. The van der Waals surface area contributed by atoms with Gasteiger partial charge in [0.1, 0.15) is 4.21 Å². The van der Waals surface area contributed by atoms with Gasteiger partial charge in [0, 0.05) is 25.5 Å². The van der Waals surface area contributed by atoms with Crippen LogP contribution in [0.25, 0.3) is 0 Å². The number of benzene rings is 1. The first kappa shape index (κ1) is 23.0. The summed E-state index contributed by atoms with van der Waals surface area (Å²) in [4.78, 5) is 0.906. The number of sulfonamides is 2. The molecule has 0 amide bonds. The number of hydrogen-bond acceptors (Lipinski definition) is 5. The van der Waals surface area contributed by atoms with E-state index in [1.807, 2.05) is 12.1 Å². The summed E-state index contributed by atoms with van der Waals surface area (Å²) in [5.41, 5.74) is 2.40. The molecule has 2 rings (SSSR count). The lowest BCUT2D eigenvalue weighted by Crippen LogP contribution is -2.25. The van der Waals surface area contributed by atoms with E-state index in [1.54, 1.807) is 19.9 Å². The minimum atomic E-state index is -3.73. The Bertz CT molecular complexity index is 1050. The second-order valence-corrected chi connectivity index (χ2v) is 13.3. The summed E-state index contributed by atoms with van der Waals surface area (Å²) >= 11 is 1.06. The van der Waals surface area contributed by atoms with Crippen LogP contribution in [0.5, 0.6) is 0 Å². The van der Waals surface area contributed by atoms with Gasteiger partial charge in [-0.3, -0.25) is 0 Å². The van der Waals surface area contributed by atoms with Gasteiger partial charge >= 0.3 is 0 Å². The third-order valence-corrected chi connectivity index (χ3v) is 9.48. The fraction of sp³-hybridized carbons (Fsp3) is 0.474. The first-order chi connectivity index (χ1) is 12.7. The van der Waals surface area contributed by atoms with Crippen LogP contribution in [-0.4, -0.2) is 35.2 Å². The summed E-state index contributed by atoms with van der Waals surface area (Å²) in [6.07, 6.45) is 0. The van der Waals surface area contributed by atoms with Crippen molar-refractivity contribution in [3.05, 3.63) is 45.8 Å². The predicted octanol–water partition coefficient (Wildman–Crippen LogP) is 3.39. The van der Waals surface area contributed by atoms with Crippen LogP contribution in [-0.2, 0) is 32.0 Å². The zero-order valence-electron chi connectivity index (χ0n) is 17.3. The first-order valence-corrected chi connectivity index (χ1v) is 12.5. The van der Waals surface area contributed by atoms with E-state index in [4.69, 9.17) is 0 Å². The predicted molar refractivity (Wildman–Crippen MR) is 114 cm³/mol. The van der Waals surface area contributed by atoms with E-state index in [0.717, 1.165) is 21.2 Å². The van der Waals surface area contributed by atoms with E-state index < -0.39 is 20.0 Å². The van der Waals surface area contributed by atoms with E-state index in [2.05, 4.69) is 25.5 Å². The van der Waals surface area contributed by atoms with Gasteiger partial charge < -0.3 is 0 Å². The highest BCUT2D eigenvalue weighted by Gasteiger charge is 2.24. The van der Waals surface area contributed by atoms with E-state index >= 15 is 0 Å². The Balaban J connectivity index is 2.28. The zero-order chi connectivity index (χ0) is 21.5. The van der Waals surface area contributed by atoms with Crippen molar-refractivity contribution in [1.82, 2.24) is 9.03 Å². The number of nitrogens with zero attached hydrogens (tertiary/aromatic N) is 1. The minimum absolute atomic E-state index is 0.0376. The van der Waals surface area contributed by atoms with Gasteiger partial charge in [0.15, 0.2) is 0 Å². The van der Waals surface area contributed by atoms with Crippen molar-refractivity contribution < 1.29 is 16.8 Å². The van der Waals surface area contributed by atoms with Crippen LogP contribution in [0, 0.1) is 13.8 Å². The molecule has 0 spiro atoms. The molecular formula is C19H28N2O4S3. The molecule has 0 aliphatic rings. The van der Waals surface area contributed by atoms with Crippen LogP contribution >= 0.6 is 11.3 Å². The third-order valence-electron chi connectivity index (χ3n) is 4.40. The summed E-state index contributed by atoms with van der Waals surface area (Å²) in [5, 5.41) is 0. The van der Waals surface area contributed by atoms with Crippen LogP contribution in [0.3, 0.4) is 0 Å². The Morgan fingerprint density at radius 2 is 1.54 bits per heavy atom. The van der Waals surface area contributed by atoms with Crippen LogP contribution in [0.2, 0.25) is 0 Å². The van der Waals surface area contributed by atoms with Crippen molar-refractivity contribution >= 4 is 31.4 Å². The average molecular weight is 445 g/mol. The number of thiophene rings is 1. The zero-order valence-corrected chi connectivity index (χ0v) is 19.8. The molecule has 1 heterocycles. The Kier molecular flexibility index (Phi) is 6.47. The van der Waals surface area contributed by atoms with Crippen molar-refractivity contribution in [2.75, 3.05) is 14.1 Å². The smallest absolute Gasteiger partial charge is 0.207 e. The Labute approximate surface area is 172 Å². The van der Waals surface area contributed by atoms with Crippen molar-refractivity contribution in [1.29, 1.82) is 0 Å². The summed E-state index contributed by atoms with van der Waals surface area (Å²) in [7, 11) is -4.32. The number of hydrogen-bond donors (Lipinski definition) is 1. The summed E-state index contributed by atoms with van der Waals surface area (Å²) in [6, 6.07) is 6.95. The molecule has 0 fully saturated rings. The normalized spacial score (nSPS) is 13.3. The van der Waals surface area contributed by atoms with Gasteiger partial charge in [0.25, 0.3) is 10.0 Å². The molecule has 0 saturated carbocycles. The number of nitrogens with one attached hydrogen (secondary N) is 1. The summed E-state index contributed by atoms with van der Waals surface area (Å²) in [6.45, 7) is 9.89. The van der Waals surface area contributed by atoms with Gasteiger partial charge in [-0.15, -0.1) is 11.3 Å². The molecule has 0 atom stereocenters. The maximum atomic E-state index is 12.9. The monoisotopic (exact) mass is 444 g/mol. The van der Waals surface area contributed by atoms with Crippen molar-refractivity contribution in [3.8, 4) is 0 Å². The molecule has 2 aromatic rings. The molecule has 156 valence electrons. The topological polar surface area (TPSA) is 83.5 Å². The SMILES string of the molecule is Cc1cc(C(C)(C)C)cc(C)c1S(=O)(=O)NCc1ccc(S(=O)(=O)N(C)C)s1. The summed E-state index contributed by atoms with van der Waals surface area (Å²) in [5.74, 6) is 0. The average Bonchev–Trinajstić information content (AvgIpc) is 3.00. The van der Waals surface area contributed by atoms with Gasteiger partial charge in [-0.1, -0.05) is 32.9 Å². The Hall–Kier alpha value is -1.26. The molecule has 1 aromatic heterocycles. The molecule has 0 unspecified atom stereocenters. The highest BCUT2D eigenvalue weighted by molar-refractivity contribution is 7.91. The lowest BCUT2D eigenvalue weighted by Gasteiger charge is -2.22. The minimum Gasteiger partial charge on any atom is -0.207 e. The molecule has 0 radical (unpaired) electrons. The molecule has 0 aliphatic carbocycles. The highest BCUT2D eigenvalue weighted by atomic mass is 32.2. The molecule has 0 bridgehead atoms. The van der Waals surface area contributed by atoms with Crippen LogP contribution in [0.1, 0.15) is 42.3 Å². The lowest BCUT2D eigenvalue weighted by molar-refractivity contribution is 0.523. The highest BCUT2D eigenvalue weighted by Crippen LogP contribution is 2.29. The maximum Gasteiger partial charge on any atom is 0.252 e. The molecule has 0 aliphatic heterocycles. The molecule has 9 heteroatoms. The Morgan fingerprint density at radius 1 is 1.00 bits per heavy atom. The second-order valence-electron chi connectivity index (χ2n) is 8.02. The number of aryl methyl sites for hydroxylation is 2. The Morgan fingerprint density at radius 3 is 2.00 bits per heavy atom. The third kappa shape index (κ3) is 4.83. The maximum absolute atomic E-state index is 12.9. The van der Waals surface area contributed by atoms with Crippen molar-refractivity contribution in [2.45, 2.75) is 55.7 Å². The van der Waals surface area contributed by atoms with E-state index in [1.165, 1.54) is 20.2 Å². The van der Waals surface area contributed by atoms with Gasteiger partial charge in [0.05, 0.1) is 4.90 Å². The van der Waals surface area contributed by atoms with Gasteiger partial charge in [-0.05, 0) is 48.1 Å². The van der Waals surface area contributed by atoms with Crippen molar-refractivity contribution in [3.63, 3.8) is 0 Å². The molecule has 0 saturated heterocycles. The lowest BCUT2D eigenvalue weighted by atomic mass is 9.85. The standard InChI is InChI=1S/C19H28N2O4S3/c1-13-10-15(19(3,4)5)11-14(2)18(13)27(22,23)20-12-16-8-9-17(26-16)28(24,25)21(6)7/h8-11,20H,12H2,1-7H3. The molecule has 1 N–H and O–H groups in total. The quantitative estimate of drug-likeness (QED) is 0.740. The molecule has 1 aromatic carbocycles. The van der Waals surface area contributed by atoms with Gasteiger partial charge in [-0.2, -0.15) is 0 Å². The van der Waals surface area contributed by atoms with Crippen LogP contribution < -0.4 is 4.72 Å². The van der Waals surface area contributed by atoms with Crippen LogP contribution in [0.4, 0.5) is 0 Å². The first-order valence-electron chi connectivity index (χ1n) is 8.79. The largest absolute Gasteiger partial charge is 0.252 e. The second kappa shape index (κ2) is 7.87. The molecular weight excluding hydrogens is 416 g/mol. The van der Waals surface area contributed by atoms with E-state index in [-0.39, 0.29) is 21.1 Å². The van der Waals surface area contributed by atoms with E-state index in [9.17, 15) is 16.8 Å². The number of rotatable bonds is 6. The van der Waals surface area contributed by atoms with Gasteiger partial charge in [0.2, 0.25) is 10.0 Å². The van der Waals surface area contributed by atoms with Crippen LogP contribution in [0.15, 0.2) is 33.4 Å². The van der Waals surface area contributed by atoms with E-state index in [0.29, 0.717) is 16.0 Å².